The Balaban J connectivity index is 1.49. The van der Waals surface area contributed by atoms with E-state index in [2.05, 4.69) is 5.32 Å². The molecule has 40 heavy (non-hydrogen) atoms. The number of carbonyl (C=O) groups is 1. The van der Waals surface area contributed by atoms with Crippen LogP contribution in [-0.2, 0) is 30.7 Å². The molecule has 2 fully saturated rings. The van der Waals surface area contributed by atoms with Crippen molar-refractivity contribution in [2.24, 2.45) is 5.92 Å². The van der Waals surface area contributed by atoms with E-state index in [0.29, 0.717) is 31.8 Å². The maximum absolute atomic E-state index is 13.6. The van der Waals surface area contributed by atoms with Gasteiger partial charge in [0.2, 0.25) is 10.0 Å². The van der Waals surface area contributed by atoms with Gasteiger partial charge in [-0.3, -0.25) is 0 Å². The minimum atomic E-state index is -3.94. The molecule has 2 N–H and O–H groups in total. The number of fused-ring (bicyclic) bond motifs is 1. The number of carbonyl (C=O) groups excluding carboxylic acids is 1. The van der Waals surface area contributed by atoms with E-state index in [1.54, 1.807) is 12.1 Å². The van der Waals surface area contributed by atoms with Crippen molar-refractivity contribution < 1.29 is 37.3 Å². The Labute approximate surface area is 236 Å². The van der Waals surface area contributed by atoms with Crippen LogP contribution in [0.4, 0.5) is 4.79 Å². The number of sulfonamides is 1. The van der Waals surface area contributed by atoms with Crippen LogP contribution in [0.3, 0.4) is 0 Å². The number of aliphatic hydroxyl groups is 1. The molecule has 2 aromatic carbocycles. The summed E-state index contributed by atoms with van der Waals surface area (Å²) < 4.78 is 50.8. The second kappa shape index (κ2) is 13.8. The van der Waals surface area contributed by atoms with Gasteiger partial charge >= 0.3 is 6.09 Å². The van der Waals surface area contributed by atoms with Crippen molar-refractivity contribution in [3.05, 3.63) is 60.2 Å². The number of amides is 1. The Morgan fingerprint density at radius 1 is 1.02 bits per heavy atom. The molecule has 2 aromatic rings. The number of methoxy groups -OCH3 is 1. The maximum Gasteiger partial charge on any atom is 0.407 e. The van der Waals surface area contributed by atoms with Crippen molar-refractivity contribution in [2.45, 2.75) is 68.5 Å². The fraction of sp³-hybridized carbons (Fsp3) is 0.552. The van der Waals surface area contributed by atoms with Gasteiger partial charge in [-0.1, -0.05) is 44.2 Å². The second-order valence-corrected chi connectivity index (χ2v) is 12.7. The van der Waals surface area contributed by atoms with Crippen LogP contribution in [0.25, 0.3) is 0 Å². The van der Waals surface area contributed by atoms with Gasteiger partial charge in [0.25, 0.3) is 0 Å². The summed E-state index contributed by atoms with van der Waals surface area (Å²) in [7, 11) is -2.42. The molecule has 1 saturated heterocycles. The van der Waals surface area contributed by atoms with E-state index in [0.717, 1.165) is 5.56 Å². The number of benzene rings is 2. The first-order chi connectivity index (χ1) is 19.2. The average Bonchev–Trinajstić information content (AvgIpc) is 3.34. The molecule has 0 bridgehead atoms. The lowest BCUT2D eigenvalue weighted by atomic mass is 10.0. The normalized spacial score (nSPS) is 22.5. The number of nitrogens with one attached hydrogen (secondary N) is 1. The Hall–Kier alpha value is -2.70. The lowest BCUT2D eigenvalue weighted by molar-refractivity contribution is -0.124. The Kier molecular flexibility index (Phi) is 10.4. The van der Waals surface area contributed by atoms with Crippen molar-refractivity contribution in [2.75, 3.05) is 33.4 Å². The fourth-order valence-corrected chi connectivity index (χ4v) is 6.78. The highest BCUT2D eigenvalue weighted by molar-refractivity contribution is 7.89. The van der Waals surface area contributed by atoms with Gasteiger partial charge in [0, 0.05) is 25.9 Å². The van der Waals surface area contributed by atoms with Gasteiger partial charge in [0.05, 0.1) is 49.6 Å². The van der Waals surface area contributed by atoms with E-state index < -0.39 is 28.3 Å². The number of hydrogen-bond acceptors (Lipinski definition) is 8. The van der Waals surface area contributed by atoms with Gasteiger partial charge < -0.3 is 29.4 Å². The quantitative estimate of drug-likeness (QED) is 0.395. The van der Waals surface area contributed by atoms with Gasteiger partial charge in [-0.15, -0.1) is 0 Å². The largest absolute Gasteiger partial charge is 0.497 e. The molecule has 1 saturated carbocycles. The number of hydrogen-bond donors (Lipinski definition) is 2. The molecule has 1 heterocycles. The third-order valence-corrected chi connectivity index (χ3v) is 8.99. The summed E-state index contributed by atoms with van der Waals surface area (Å²) in [6.45, 7) is 4.85. The van der Waals surface area contributed by atoms with Gasteiger partial charge in [-0.25, -0.2) is 13.2 Å². The van der Waals surface area contributed by atoms with Crippen LogP contribution in [-0.4, -0.2) is 87.8 Å². The Morgan fingerprint density at radius 3 is 2.23 bits per heavy atom. The van der Waals surface area contributed by atoms with E-state index in [1.165, 1.54) is 23.5 Å². The Morgan fingerprint density at radius 2 is 1.65 bits per heavy atom. The zero-order valence-electron chi connectivity index (χ0n) is 23.3. The molecular formula is C29H40N2O8S. The number of rotatable bonds is 12. The summed E-state index contributed by atoms with van der Waals surface area (Å²) in [4.78, 5) is 13.1. The molecule has 1 aliphatic carbocycles. The fourth-order valence-electron chi connectivity index (χ4n) is 5.16. The van der Waals surface area contributed by atoms with Crippen LogP contribution < -0.4 is 10.1 Å². The molecule has 11 heteroatoms. The molecule has 1 aliphatic heterocycles. The lowest BCUT2D eigenvalue weighted by Gasteiger charge is -2.30. The molecular weight excluding hydrogens is 536 g/mol. The number of ether oxygens (including phenoxy) is 4. The highest BCUT2D eigenvalue weighted by Gasteiger charge is 2.40. The summed E-state index contributed by atoms with van der Waals surface area (Å²) in [5, 5.41) is 14.2. The van der Waals surface area contributed by atoms with Crippen LogP contribution in [0.5, 0.6) is 5.75 Å². The molecule has 220 valence electrons. The van der Waals surface area contributed by atoms with Gasteiger partial charge in [-0.05, 0) is 42.2 Å². The maximum atomic E-state index is 13.6. The van der Waals surface area contributed by atoms with Gasteiger partial charge in [0.1, 0.15) is 11.9 Å². The average molecular weight is 577 g/mol. The second-order valence-electron chi connectivity index (χ2n) is 10.7. The molecule has 0 radical (unpaired) electrons. The van der Waals surface area contributed by atoms with Gasteiger partial charge in [-0.2, -0.15) is 4.31 Å². The third kappa shape index (κ3) is 7.94. The van der Waals surface area contributed by atoms with Crippen LogP contribution in [0.2, 0.25) is 0 Å². The van der Waals surface area contributed by atoms with Crippen molar-refractivity contribution in [1.82, 2.24) is 9.62 Å². The summed E-state index contributed by atoms with van der Waals surface area (Å²) in [6.07, 6.45) is -1.05. The predicted octanol–water partition coefficient (Wildman–Crippen LogP) is 2.99. The molecule has 4 rings (SSSR count). The SMILES string of the molecule is COc1ccc(S(=O)(=O)N(CC(C)C)C[C@@H](O)[C@H](Cc2ccccc2)NC(=O)O[C@H]2C[C@@H]3OCCO[C@@H]3C2)cc1. The lowest BCUT2D eigenvalue weighted by Crippen LogP contribution is -2.51. The van der Waals surface area contributed by atoms with Gasteiger partial charge in [0.15, 0.2) is 0 Å². The van der Waals surface area contributed by atoms with E-state index in [4.69, 9.17) is 18.9 Å². The van der Waals surface area contributed by atoms with E-state index in [1.807, 2.05) is 44.2 Å². The minimum absolute atomic E-state index is 0.000980. The molecule has 0 unspecified atom stereocenters. The van der Waals surface area contributed by atoms with Crippen LogP contribution >= 0.6 is 0 Å². The van der Waals surface area contributed by atoms with Crippen LogP contribution in [0.1, 0.15) is 32.3 Å². The summed E-state index contributed by atoms with van der Waals surface area (Å²) in [5.41, 5.74) is 0.883. The van der Waals surface area contributed by atoms with Crippen LogP contribution in [0.15, 0.2) is 59.5 Å². The standard InChI is InChI=1S/C29H40N2O8S/c1-20(2)18-31(40(34,35)24-11-9-22(36-3)10-12-24)19-26(32)25(15-21-7-5-4-6-8-21)30-29(33)39-23-16-27-28(17-23)38-14-13-37-27/h4-12,20,23,25-28,32H,13-19H2,1-3H3,(H,30,33)/t23-,25-,26+,27-,28+/m0/s1. The predicted molar refractivity (Wildman–Crippen MR) is 149 cm³/mol. The summed E-state index contributed by atoms with van der Waals surface area (Å²) in [5.74, 6) is 0.542. The summed E-state index contributed by atoms with van der Waals surface area (Å²) in [6, 6.07) is 14.7. The van der Waals surface area contributed by atoms with E-state index in [-0.39, 0.29) is 48.6 Å². The number of alkyl carbamates (subject to hydrolysis) is 1. The van der Waals surface area contributed by atoms with Crippen LogP contribution in [0, 0.1) is 5.92 Å². The first-order valence-corrected chi connectivity index (χ1v) is 15.2. The van der Waals surface area contributed by atoms with E-state index >= 15 is 0 Å². The molecule has 10 nitrogen and oxygen atoms in total. The summed E-state index contributed by atoms with van der Waals surface area (Å²) >= 11 is 0. The zero-order valence-corrected chi connectivity index (χ0v) is 24.1. The van der Waals surface area contributed by atoms with Crippen molar-refractivity contribution in [3.63, 3.8) is 0 Å². The Bertz CT molecular complexity index is 1180. The zero-order chi connectivity index (χ0) is 28.7. The highest BCUT2D eigenvalue weighted by Crippen LogP contribution is 2.30. The molecule has 0 aromatic heterocycles. The number of nitrogens with zero attached hydrogens (tertiary/aromatic N) is 1. The van der Waals surface area contributed by atoms with Crippen molar-refractivity contribution in [3.8, 4) is 5.75 Å². The molecule has 1 amide bonds. The highest BCUT2D eigenvalue weighted by atomic mass is 32.2. The smallest absolute Gasteiger partial charge is 0.407 e. The van der Waals surface area contributed by atoms with Crippen molar-refractivity contribution >= 4 is 16.1 Å². The first kappa shape index (κ1) is 30.3. The molecule has 2 aliphatic rings. The molecule has 5 atom stereocenters. The number of aliphatic hydroxyl groups excluding tert-OH is 1. The monoisotopic (exact) mass is 576 g/mol. The topological polar surface area (TPSA) is 124 Å². The van der Waals surface area contributed by atoms with E-state index in [9.17, 15) is 18.3 Å². The molecule has 0 spiro atoms. The van der Waals surface area contributed by atoms with Crippen molar-refractivity contribution in [1.29, 1.82) is 0 Å². The minimum Gasteiger partial charge on any atom is -0.497 e. The first-order valence-electron chi connectivity index (χ1n) is 13.7. The third-order valence-electron chi connectivity index (χ3n) is 7.15.